The summed E-state index contributed by atoms with van der Waals surface area (Å²) in [5, 5.41) is 10.6. The van der Waals surface area contributed by atoms with Gasteiger partial charge in [-0.2, -0.15) is 0 Å². The number of para-hydroxylation sites is 1. The molecule has 0 fully saturated rings. The number of sulfone groups is 1. The van der Waals surface area contributed by atoms with Gasteiger partial charge in [-0.15, -0.1) is 10.2 Å². The summed E-state index contributed by atoms with van der Waals surface area (Å²) in [4.78, 5) is 12.7. The van der Waals surface area contributed by atoms with Crippen molar-refractivity contribution in [1.29, 1.82) is 0 Å². The summed E-state index contributed by atoms with van der Waals surface area (Å²) in [5.41, 5.74) is 2.18. The Kier molecular flexibility index (Phi) is 6.31. The number of hydrogen-bond donors (Lipinski definition) is 1. The number of benzene rings is 2. The van der Waals surface area contributed by atoms with Gasteiger partial charge in [0.05, 0.1) is 31.2 Å². The van der Waals surface area contributed by atoms with Gasteiger partial charge in [-0.3, -0.25) is 4.79 Å². The van der Waals surface area contributed by atoms with Crippen LogP contribution in [0.2, 0.25) is 0 Å². The predicted octanol–water partition coefficient (Wildman–Crippen LogP) is 3.21. The van der Waals surface area contributed by atoms with Crippen LogP contribution in [0.1, 0.15) is 17.3 Å². The van der Waals surface area contributed by atoms with Gasteiger partial charge in [0.15, 0.2) is 26.4 Å². The lowest BCUT2D eigenvalue weighted by molar-refractivity contribution is 0.102. The number of rotatable bonds is 7. The minimum Gasteiger partial charge on any atom is -0.493 e. The van der Waals surface area contributed by atoms with Crippen LogP contribution in [0.25, 0.3) is 11.3 Å². The Morgan fingerprint density at radius 2 is 1.70 bits per heavy atom. The molecule has 0 radical (unpaired) electrons. The molecule has 0 bridgehead atoms. The molecule has 0 aliphatic carbocycles. The van der Waals surface area contributed by atoms with Crippen LogP contribution >= 0.6 is 0 Å². The number of hydrogen-bond acceptors (Lipinski definition) is 7. The van der Waals surface area contributed by atoms with Crippen LogP contribution in [0.4, 0.5) is 5.69 Å². The molecule has 30 heavy (non-hydrogen) atoms. The standard InChI is InChI=1S/C21H21N3O5S/c1-4-30(26,27)19-13-12-17(23-24-19)14-8-10-15(11-9-14)22-21(25)16-6-5-7-18(28-2)20(16)29-3/h5-13H,4H2,1-3H3,(H,22,25). The van der Waals surface area contributed by atoms with Gasteiger partial charge in [0.1, 0.15) is 0 Å². The van der Waals surface area contributed by atoms with Crippen LogP contribution in [0.5, 0.6) is 11.5 Å². The van der Waals surface area contributed by atoms with Crippen molar-refractivity contribution >= 4 is 21.4 Å². The van der Waals surface area contributed by atoms with E-state index >= 15 is 0 Å². The van der Waals surface area contributed by atoms with E-state index < -0.39 is 9.84 Å². The Morgan fingerprint density at radius 3 is 2.27 bits per heavy atom. The summed E-state index contributed by atoms with van der Waals surface area (Å²) >= 11 is 0. The first-order valence-corrected chi connectivity index (χ1v) is 10.7. The molecule has 3 aromatic rings. The second kappa shape index (κ2) is 8.91. The quantitative estimate of drug-likeness (QED) is 0.617. The Balaban J connectivity index is 1.78. The Labute approximate surface area is 174 Å². The van der Waals surface area contributed by atoms with Gasteiger partial charge in [0.2, 0.25) is 0 Å². The third kappa shape index (κ3) is 4.41. The first kappa shape index (κ1) is 21.3. The van der Waals surface area contributed by atoms with Gasteiger partial charge in [-0.05, 0) is 36.4 Å². The molecule has 0 atom stereocenters. The fourth-order valence-corrected chi connectivity index (χ4v) is 3.51. The van der Waals surface area contributed by atoms with E-state index in [0.29, 0.717) is 28.4 Å². The lowest BCUT2D eigenvalue weighted by atomic mass is 10.1. The molecule has 8 nitrogen and oxygen atoms in total. The summed E-state index contributed by atoms with van der Waals surface area (Å²) < 4.78 is 34.2. The van der Waals surface area contributed by atoms with Crippen LogP contribution in [0.15, 0.2) is 59.6 Å². The highest BCUT2D eigenvalue weighted by Crippen LogP contribution is 2.31. The minimum absolute atomic E-state index is 0.0342. The summed E-state index contributed by atoms with van der Waals surface area (Å²) in [5.74, 6) is 0.444. The fourth-order valence-electron chi connectivity index (χ4n) is 2.78. The second-order valence-corrected chi connectivity index (χ2v) is 8.46. The van der Waals surface area contributed by atoms with Crippen molar-refractivity contribution in [2.45, 2.75) is 11.9 Å². The maximum Gasteiger partial charge on any atom is 0.259 e. The molecule has 0 saturated heterocycles. The van der Waals surface area contributed by atoms with E-state index in [1.165, 1.54) is 20.3 Å². The molecule has 0 spiro atoms. The van der Waals surface area contributed by atoms with Gasteiger partial charge >= 0.3 is 0 Å². The van der Waals surface area contributed by atoms with Crippen molar-refractivity contribution in [3.05, 3.63) is 60.2 Å². The number of ether oxygens (including phenoxy) is 2. The van der Waals surface area contributed by atoms with E-state index in [0.717, 1.165) is 5.56 Å². The number of methoxy groups -OCH3 is 2. The highest BCUT2D eigenvalue weighted by atomic mass is 32.2. The molecule has 156 valence electrons. The predicted molar refractivity (Wildman–Crippen MR) is 113 cm³/mol. The molecule has 2 aromatic carbocycles. The second-order valence-electron chi connectivity index (χ2n) is 6.23. The van der Waals surface area contributed by atoms with E-state index in [2.05, 4.69) is 15.5 Å². The fraction of sp³-hybridized carbons (Fsp3) is 0.190. The number of anilines is 1. The highest BCUT2D eigenvalue weighted by Gasteiger charge is 2.17. The lowest BCUT2D eigenvalue weighted by Gasteiger charge is -2.12. The molecule has 0 saturated carbocycles. The van der Waals surface area contributed by atoms with E-state index in [1.54, 1.807) is 55.5 Å². The molecule has 1 N–H and O–H groups in total. The zero-order valence-corrected chi connectivity index (χ0v) is 17.6. The molecule has 9 heteroatoms. The third-order valence-corrected chi connectivity index (χ3v) is 6.04. The Bertz CT molecular complexity index is 1140. The molecule has 0 unspecified atom stereocenters. The number of carbonyl (C=O) groups is 1. The summed E-state index contributed by atoms with van der Waals surface area (Å²) in [6.07, 6.45) is 0. The largest absolute Gasteiger partial charge is 0.493 e. The Hall–Kier alpha value is -3.46. The smallest absolute Gasteiger partial charge is 0.259 e. The number of nitrogens with zero attached hydrogens (tertiary/aromatic N) is 2. The van der Waals surface area contributed by atoms with Crippen LogP contribution < -0.4 is 14.8 Å². The molecule has 0 aliphatic heterocycles. The monoisotopic (exact) mass is 427 g/mol. The summed E-state index contributed by atoms with van der Waals surface area (Å²) in [6.45, 7) is 1.55. The van der Waals surface area contributed by atoms with Gasteiger partial charge in [-0.25, -0.2) is 8.42 Å². The summed E-state index contributed by atoms with van der Waals surface area (Å²) in [6, 6.07) is 15.1. The third-order valence-electron chi connectivity index (χ3n) is 4.42. The normalized spacial score (nSPS) is 11.0. The first-order chi connectivity index (χ1) is 14.4. The maximum absolute atomic E-state index is 12.7. The topological polar surface area (TPSA) is 107 Å². The minimum atomic E-state index is -3.39. The van der Waals surface area contributed by atoms with Crippen molar-refractivity contribution in [3.63, 3.8) is 0 Å². The molecule has 1 aromatic heterocycles. The molecule has 1 heterocycles. The van der Waals surface area contributed by atoms with Crippen LogP contribution in [-0.4, -0.2) is 44.5 Å². The SMILES string of the molecule is CCS(=O)(=O)c1ccc(-c2ccc(NC(=O)c3cccc(OC)c3OC)cc2)nn1. The average Bonchev–Trinajstić information content (AvgIpc) is 2.79. The van der Waals surface area contributed by atoms with Gasteiger partial charge in [0.25, 0.3) is 5.91 Å². The van der Waals surface area contributed by atoms with Crippen molar-refractivity contribution in [2.75, 3.05) is 25.3 Å². The zero-order valence-electron chi connectivity index (χ0n) is 16.7. The molecular formula is C21H21N3O5S. The molecule has 1 amide bonds. The van der Waals surface area contributed by atoms with E-state index in [-0.39, 0.29) is 16.7 Å². The summed E-state index contributed by atoms with van der Waals surface area (Å²) in [7, 11) is -0.416. The van der Waals surface area contributed by atoms with Crippen LogP contribution in [-0.2, 0) is 9.84 Å². The van der Waals surface area contributed by atoms with Gasteiger partial charge in [0, 0.05) is 11.3 Å². The van der Waals surface area contributed by atoms with E-state index in [4.69, 9.17) is 9.47 Å². The number of carbonyl (C=O) groups excluding carboxylic acids is 1. The van der Waals surface area contributed by atoms with E-state index in [9.17, 15) is 13.2 Å². The highest BCUT2D eigenvalue weighted by molar-refractivity contribution is 7.91. The number of nitrogens with one attached hydrogen (secondary N) is 1. The molecular weight excluding hydrogens is 406 g/mol. The van der Waals surface area contributed by atoms with Crippen molar-refractivity contribution in [2.24, 2.45) is 0 Å². The average molecular weight is 427 g/mol. The van der Waals surface area contributed by atoms with Gasteiger partial charge < -0.3 is 14.8 Å². The molecule has 0 aliphatic rings. The van der Waals surface area contributed by atoms with Crippen LogP contribution in [0.3, 0.4) is 0 Å². The van der Waals surface area contributed by atoms with Crippen molar-refractivity contribution in [1.82, 2.24) is 10.2 Å². The first-order valence-electron chi connectivity index (χ1n) is 9.09. The maximum atomic E-state index is 12.7. The van der Waals surface area contributed by atoms with Crippen molar-refractivity contribution in [3.8, 4) is 22.8 Å². The lowest BCUT2D eigenvalue weighted by Crippen LogP contribution is -2.13. The van der Waals surface area contributed by atoms with Crippen molar-refractivity contribution < 1.29 is 22.7 Å². The zero-order chi connectivity index (χ0) is 21.7. The number of amides is 1. The van der Waals surface area contributed by atoms with E-state index in [1.807, 2.05) is 0 Å². The van der Waals surface area contributed by atoms with Crippen LogP contribution in [0, 0.1) is 0 Å². The van der Waals surface area contributed by atoms with Gasteiger partial charge in [-0.1, -0.05) is 25.1 Å². The molecule has 3 rings (SSSR count). The number of aromatic nitrogens is 2. The Morgan fingerprint density at radius 1 is 0.967 bits per heavy atom.